The molecule has 5 aromatic carbocycles. The van der Waals surface area contributed by atoms with Gasteiger partial charge < -0.3 is 19.2 Å². The van der Waals surface area contributed by atoms with E-state index in [-0.39, 0.29) is 12.1 Å². The molecule has 8 heteroatoms. The van der Waals surface area contributed by atoms with Crippen LogP contribution < -0.4 is 0 Å². The normalized spacial score (nSPS) is 27.4. The predicted molar refractivity (Wildman–Crippen MR) is 282 cm³/mol. The minimum Gasteiger partial charge on any atom is -0.382 e. The second-order valence-corrected chi connectivity index (χ2v) is 23.2. The van der Waals surface area contributed by atoms with Crippen LogP contribution in [0.25, 0.3) is 21.8 Å². The molecule has 68 heavy (non-hydrogen) atoms. The SMILES string of the molecule is O[C@H](c1ccnc2ccccc12)[C@H]1C[C@@H]2CC[N@@+]1(Cc1ccccc1)C[C@@H]2CCSCc1ccc(CSCC[C@H]2C[N@+]3(Cc4ccccc4)CC[C@H]2C[C@@H]3[C@H](O)c2ccnc3ccccc23)cc1. The lowest BCUT2D eigenvalue weighted by molar-refractivity contribution is -0.985. The first-order chi connectivity index (χ1) is 33.4. The van der Waals surface area contributed by atoms with E-state index in [4.69, 9.17) is 0 Å². The second kappa shape index (κ2) is 20.4. The number of aliphatic hydroxyl groups excluding tert-OH is 2. The van der Waals surface area contributed by atoms with Crippen molar-refractivity contribution in [2.24, 2.45) is 23.7 Å². The number of quaternary nitrogens is 2. The molecule has 0 unspecified atom stereocenters. The first-order valence-electron chi connectivity index (χ1n) is 25.5. The van der Waals surface area contributed by atoms with Crippen molar-refractivity contribution in [3.8, 4) is 0 Å². The van der Waals surface area contributed by atoms with Crippen LogP contribution in [0, 0.1) is 23.7 Å². The van der Waals surface area contributed by atoms with Crippen molar-refractivity contribution in [2.45, 2.75) is 87.4 Å². The molecule has 13 rings (SSSR count). The summed E-state index contributed by atoms with van der Waals surface area (Å²) in [5, 5.41) is 26.7. The maximum absolute atomic E-state index is 12.3. The fraction of sp³-hybridized carbons (Fsp3) is 0.400. The number of hydrogen-bond acceptors (Lipinski definition) is 6. The molecule has 0 spiro atoms. The van der Waals surface area contributed by atoms with Crippen LogP contribution in [0.1, 0.15) is 84.1 Å². The van der Waals surface area contributed by atoms with E-state index in [1.54, 1.807) is 0 Å². The van der Waals surface area contributed by atoms with Gasteiger partial charge in [-0.2, -0.15) is 23.5 Å². The van der Waals surface area contributed by atoms with Crippen LogP contribution in [0.4, 0.5) is 0 Å². The smallest absolute Gasteiger partial charge is 0.131 e. The van der Waals surface area contributed by atoms with Crippen molar-refractivity contribution in [1.29, 1.82) is 0 Å². The quantitative estimate of drug-likeness (QED) is 0.0660. The van der Waals surface area contributed by atoms with Crippen molar-refractivity contribution in [3.05, 3.63) is 191 Å². The minimum atomic E-state index is -0.509. The summed E-state index contributed by atoms with van der Waals surface area (Å²) >= 11 is 4.19. The number of thioether (sulfide) groups is 2. The predicted octanol–water partition coefficient (Wildman–Crippen LogP) is 12.3. The fourth-order valence-corrected chi connectivity index (χ4v) is 15.8. The molecular formula is C60H68N4O2S2+2. The summed E-state index contributed by atoms with van der Waals surface area (Å²) < 4.78 is 1.97. The van der Waals surface area contributed by atoms with Gasteiger partial charge >= 0.3 is 0 Å². The summed E-state index contributed by atoms with van der Waals surface area (Å²) in [7, 11) is 0. The second-order valence-electron chi connectivity index (χ2n) is 21.0. The summed E-state index contributed by atoms with van der Waals surface area (Å²) in [5.41, 5.74) is 9.61. The van der Waals surface area contributed by atoms with Gasteiger partial charge in [0.15, 0.2) is 0 Å². The number of para-hydroxylation sites is 2. The molecule has 0 radical (unpaired) electrons. The Kier molecular flexibility index (Phi) is 13.8. The third-order valence-electron chi connectivity index (χ3n) is 17.2. The van der Waals surface area contributed by atoms with Crippen molar-refractivity contribution in [3.63, 3.8) is 0 Å². The van der Waals surface area contributed by atoms with Crippen molar-refractivity contribution in [1.82, 2.24) is 9.97 Å². The van der Waals surface area contributed by atoms with E-state index in [0.717, 1.165) is 106 Å². The van der Waals surface area contributed by atoms with Crippen molar-refractivity contribution >= 4 is 45.3 Å². The average molecular weight is 941 g/mol. The van der Waals surface area contributed by atoms with Gasteiger partial charge in [0.05, 0.1) is 37.2 Å². The van der Waals surface area contributed by atoms with Crippen molar-refractivity contribution < 1.29 is 19.2 Å². The molecule has 0 aliphatic carbocycles. The number of aromatic nitrogens is 2. The van der Waals surface area contributed by atoms with E-state index in [2.05, 4.69) is 167 Å². The van der Waals surface area contributed by atoms with E-state index < -0.39 is 12.2 Å². The molecule has 6 aliphatic heterocycles. The van der Waals surface area contributed by atoms with Crippen LogP contribution in [-0.2, 0) is 24.6 Å². The highest BCUT2D eigenvalue weighted by Gasteiger charge is 2.56. The van der Waals surface area contributed by atoms with Crippen molar-refractivity contribution in [2.75, 3.05) is 37.7 Å². The van der Waals surface area contributed by atoms with Gasteiger partial charge in [0.2, 0.25) is 0 Å². The van der Waals surface area contributed by atoms with Crippen LogP contribution in [0.3, 0.4) is 0 Å². The van der Waals surface area contributed by atoms with Crippen LogP contribution in [-0.4, -0.2) is 78.9 Å². The number of nitrogens with zero attached hydrogens (tertiary/aromatic N) is 4. The molecule has 6 aliphatic rings. The topological polar surface area (TPSA) is 66.2 Å². The first kappa shape index (κ1) is 45.9. The fourth-order valence-electron chi connectivity index (χ4n) is 13.7. The van der Waals surface area contributed by atoms with E-state index >= 15 is 0 Å². The number of rotatable bonds is 18. The Morgan fingerprint density at radius 2 is 0.897 bits per heavy atom. The molecule has 4 bridgehead atoms. The molecule has 0 saturated carbocycles. The molecule has 2 aromatic heterocycles. The Morgan fingerprint density at radius 1 is 0.485 bits per heavy atom. The number of fused-ring (bicyclic) bond motifs is 8. The summed E-state index contributed by atoms with van der Waals surface area (Å²) in [4.78, 5) is 9.24. The minimum absolute atomic E-state index is 0.187. The number of benzene rings is 5. The summed E-state index contributed by atoms with van der Waals surface area (Å²) in [6.07, 6.45) is 9.92. The van der Waals surface area contributed by atoms with E-state index in [9.17, 15) is 10.2 Å². The summed E-state index contributed by atoms with van der Waals surface area (Å²) in [6, 6.07) is 52.6. The molecule has 2 N–H and O–H groups in total. The monoisotopic (exact) mass is 940 g/mol. The third-order valence-corrected chi connectivity index (χ3v) is 19.3. The van der Waals surface area contributed by atoms with E-state index in [1.807, 2.05) is 24.5 Å². The third kappa shape index (κ3) is 9.54. The Labute approximate surface area is 412 Å². The molecule has 8 heterocycles. The van der Waals surface area contributed by atoms with Crippen LogP contribution in [0.15, 0.2) is 158 Å². The van der Waals surface area contributed by atoms with Crippen LogP contribution in [0.2, 0.25) is 0 Å². The molecule has 7 aromatic rings. The molecule has 350 valence electrons. The Bertz CT molecular complexity index is 2580. The molecule has 6 nitrogen and oxygen atoms in total. The standard InChI is InChI=1S/C60H68N4O2S2/c65-59(53-23-29-61-55-17-9-7-15-51(53)55)57-35-47-25-31-63(57,37-43-11-3-1-4-12-43)39-49(47)27-33-67-41-45-19-21-46(22-20-45)42-68-34-28-50-40-64(38-44-13-5-2-6-14-44)32-26-48(50)36-58(64)60(66)54-24-30-62-56-18-10-8-16-52(54)56/h1-24,29-30,47-50,57-60,65-66H,25-28,31-42H2/q+2/t47-,48-,49-,50-,57+,58+,59+,60+,63+,64+/m0/s1. The van der Waals surface area contributed by atoms with E-state index in [0.29, 0.717) is 23.7 Å². The van der Waals surface area contributed by atoms with Gasteiger partial charge in [0.25, 0.3) is 0 Å². The Morgan fingerprint density at radius 3 is 1.34 bits per heavy atom. The zero-order valence-corrected chi connectivity index (χ0v) is 41.1. The summed E-state index contributed by atoms with van der Waals surface area (Å²) in [6.45, 7) is 6.57. The zero-order chi connectivity index (χ0) is 45.9. The van der Waals surface area contributed by atoms with E-state index in [1.165, 1.54) is 59.4 Å². The van der Waals surface area contributed by atoms with Gasteiger partial charge in [-0.15, -0.1) is 0 Å². The lowest BCUT2D eigenvalue weighted by Gasteiger charge is -2.58. The maximum Gasteiger partial charge on any atom is 0.131 e. The van der Waals surface area contributed by atoms with Gasteiger partial charge in [-0.25, -0.2) is 0 Å². The number of aliphatic hydroxyl groups is 2. The molecule has 10 atom stereocenters. The molecule has 0 amide bonds. The largest absolute Gasteiger partial charge is 0.382 e. The zero-order valence-electron chi connectivity index (χ0n) is 39.4. The molecular weight excluding hydrogens is 873 g/mol. The number of hydrogen-bond donors (Lipinski definition) is 2. The summed E-state index contributed by atoms with van der Waals surface area (Å²) in [5.74, 6) is 7.20. The molecule has 6 fully saturated rings. The average Bonchev–Trinajstić information content (AvgIpc) is 3.39. The van der Waals surface area contributed by atoms with Crippen LogP contribution >= 0.6 is 23.5 Å². The lowest BCUT2D eigenvalue weighted by atomic mass is 9.70. The lowest BCUT2D eigenvalue weighted by Crippen LogP contribution is -2.67. The number of pyridine rings is 2. The maximum atomic E-state index is 12.3. The Balaban J connectivity index is 0.673. The highest BCUT2D eigenvalue weighted by Crippen LogP contribution is 2.50. The van der Waals surface area contributed by atoms with Crippen LogP contribution in [0.5, 0.6) is 0 Å². The van der Waals surface area contributed by atoms with Gasteiger partial charge in [-0.05, 0) is 82.7 Å². The van der Waals surface area contributed by atoms with Gasteiger partial charge in [-0.3, -0.25) is 9.97 Å². The highest BCUT2D eigenvalue weighted by molar-refractivity contribution is 7.98. The highest BCUT2D eigenvalue weighted by atomic mass is 32.2. The van der Waals surface area contributed by atoms with Gasteiger partial charge in [-0.1, -0.05) is 121 Å². The molecule has 6 saturated heterocycles. The first-order valence-corrected chi connectivity index (χ1v) is 27.8. The van der Waals surface area contributed by atoms with Gasteiger partial charge in [0, 0.05) is 83.3 Å². The Hall–Kier alpha value is -4.54. The number of piperidine rings is 6. The van der Waals surface area contributed by atoms with Gasteiger partial charge in [0.1, 0.15) is 37.4 Å².